The number of alkyl halides is 3. The van der Waals surface area contributed by atoms with Crippen LogP contribution in [-0.2, 0) is 23.6 Å². The van der Waals surface area contributed by atoms with Gasteiger partial charge in [0.1, 0.15) is 17.5 Å². The second kappa shape index (κ2) is 6.96. The maximum absolute atomic E-state index is 12.4. The largest absolute Gasteiger partial charge is 0.534 e. The highest BCUT2D eigenvalue weighted by molar-refractivity contribution is 7.88. The van der Waals surface area contributed by atoms with E-state index in [1.54, 1.807) is 6.92 Å². The summed E-state index contributed by atoms with van der Waals surface area (Å²) in [5, 5.41) is 18.9. The SMILES string of the molecule is CCc1c(C#N)c(-c2ccc(OS(=O)(=O)C(F)(F)F)cc2)c(C(=O)O)n1C. The van der Waals surface area contributed by atoms with Gasteiger partial charge in [0.15, 0.2) is 0 Å². The lowest BCUT2D eigenvalue weighted by molar-refractivity contribution is -0.0500. The number of hydrogen-bond donors (Lipinski definition) is 1. The first-order chi connectivity index (χ1) is 12.4. The molecular formula is C16H13F3N2O5S. The number of benzene rings is 1. The Kier molecular flexibility index (Phi) is 5.23. The Morgan fingerprint density at radius 2 is 1.85 bits per heavy atom. The number of rotatable bonds is 5. The van der Waals surface area contributed by atoms with Crippen molar-refractivity contribution in [1.82, 2.24) is 4.57 Å². The molecule has 0 atom stereocenters. The minimum Gasteiger partial charge on any atom is -0.477 e. The van der Waals surface area contributed by atoms with Gasteiger partial charge in [0.2, 0.25) is 0 Å². The van der Waals surface area contributed by atoms with Crippen molar-refractivity contribution in [2.75, 3.05) is 0 Å². The van der Waals surface area contributed by atoms with E-state index in [0.29, 0.717) is 12.1 Å². The van der Waals surface area contributed by atoms with E-state index in [0.717, 1.165) is 12.1 Å². The zero-order chi connectivity index (χ0) is 20.6. The molecule has 2 aromatic rings. The molecule has 11 heteroatoms. The minimum atomic E-state index is -5.82. The smallest absolute Gasteiger partial charge is 0.477 e. The lowest BCUT2D eigenvalue weighted by Gasteiger charge is -2.10. The van der Waals surface area contributed by atoms with Crippen LogP contribution in [0.4, 0.5) is 13.2 Å². The fourth-order valence-electron chi connectivity index (χ4n) is 2.65. The van der Waals surface area contributed by atoms with Crippen LogP contribution in [0.3, 0.4) is 0 Å². The number of carboxylic acids is 1. The van der Waals surface area contributed by atoms with Crippen molar-refractivity contribution < 1.29 is 35.7 Å². The van der Waals surface area contributed by atoms with Gasteiger partial charge >= 0.3 is 21.6 Å². The number of aromatic nitrogens is 1. The first-order valence-electron chi connectivity index (χ1n) is 7.40. The molecule has 0 radical (unpaired) electrons. The molecule has 1 heterocycles. The van der Waals surface area contributed by atoms with Crippen LogP contribution in [0.5, 0.6) is 5.75 Å². The van der Waals surface area contributed by atoms with E-state index in [4.69, 9.17) is 0 Å². The third-order valence-corrected chi connectivity index (χ3v) is 4.78. The molecule has 1 aromatic heterocycles. The van der Waals surface area contributed by atoms with E-state index < -0.39 is 27.3 Å². The van der Waals surface area contributed by atoms with E-state index in [9.17, 15) is 36.8 Å². The molecule has 0 fully saturated rings. The summed E-state index contributed by atoms with van der Waals surface area (Å²) in [6.07, 6.45) is 0.380. The second-order valence-electron chi connectivity index (χ2n) is 5.38. The fraction of sp³-hybridized carbons (Fsp3) is 0.250. The molecule has 0 unspecified atom stereocenters. The maximum atomic E-state index is 12.4. The van der Waals surface area contributed by atoms with Crippen LogP contribution in [0.1, 0.15) is 28.7 Å². The van der Waals surface area contributed by atoms with Gasteiger partial charge in [-0.3, -0.25) is 0 Å². The number of aromatic carboxylic acids is 1. The topological polar surface area (TPSA) is 109 Å². The molecule has 7 nitrogen and oxygen atoms in total. The van der Waals surface area contributed by atoms with E-state index in [2.05, 4.69) is 4.18 Å². The summed E-state index contributed by atoms with van der Waals surface area (Å²) in [6, 6.07) is 6.21. The Morgan fingerprint density at radius 1 is 1.30 bits per heavy atom. The summed E-state index contributed by atoms with van der Waals surface area (Å²) in [6.45, 7) is 1.74. The van der Waals surface area contributed by atoms with Gasteiger partial charge in [-0.2, -0.15) is 26.9 Å². The molecule has 0 aliphatic heterocycles. The van der Waals surface area contributed by atoms with Crippen LogP contribution in [0.15, 0.2) is 24.3 Å². The summed E-state index contributed by atoms with van der Waals surface area (Å²) >= 11 is 0. The molecule has 0 saturated heterocycles. The van der Waals surface area contributed by atoms with Gasteiger partial charge in [-0.1, -0.05) is 19.1 Å². The highest BCUT2D eigenvalue weighted by Gasteiger charge is 2.48. The number of carboxylic acid groups (broad SMARTS) is 1. The molecule has 0 bridgehead atoms. The lowest BCUT2D eigenvalue weighted by Crippen LogP contribution is -2.28. The fourth-order valence-corrected chi connectivity index (χ4v) is 3.11. The summed E-state index contributed by atoms with van der Waals surface area (Å²) in [5.41, 5.74) is -4.84. The van der Waals surface area contributed by atoms with Crippen LogP contribution in [0.2, 0.25) is 0 Å². The van der Waals surface area contributed by atoms with Crippen molar-refractivity contribution in [2.45, 2.75) is 18.9 Å². The van der Waals surface area contributed by atoms with E-state index in [-0.39, 0.29) is 22.4 Å². The summed E-state index contributed by atoms with van der Waals surface area (Å²) in [5.74, 6) is -1.89. The van der Waals surface area contributed by atoms with Gasteiger partial charge in [-0.05, 0) is 24.1 Å². The molecular weight excluding hydrogens is 389 g/mol. The van der Waals surface area contributed by atoms with Crippen molar-refractivity contribution in [3.63, 3.8) is 0 Å². The molecule has 144 valence electrons. The number of halogens is 3. The normalized spacial score (nSPS) is 11.9. The quantitative estimate of drug-likeness (QED) is 0.608. The van der Waals surface area contributed by atoms with Gasteiger partial charge in [-0.15, -0.1) is 0 Å². The third kappa shape index (κ3) is 3.61. The van der Waals surface area contributed by atoms with Crippen LogP contribution in [-0.4, -0.2) is 29.6 Å². The zero-order valence-electron chi connectivity index (χ0n) is 14.0. The number of nitriles is 1. The van der Waals surface area contributed by atoms with E-state index in [1.807, 2.05) is 6.07 Å². The van der Waals surface area contributed by atoms with Crippen LogP contribution in [0, 0.1) is 11.3 Å². The molecule has 27 heavy (non-hydrogen) atoms. The summed E-state index contributed by atoms with van der Waals surface area (Å²) in [4.78, 5) is 11.6. The molecule has 0 aliphatic carbocycles. The number of carbonyl (C=O) groups is 1. The predicted molar refractivity (Wildman–Crippen MR) is 87.5 cm³/mol. The van der Waals surface area contributed by atoms with Crippen molar-refractivity contribution in [2.24, 2.45) is 7.05 Å². The molecule has 0 amide bonds. The van der Waals surface area contributed by atoms with Gasteiger partial charge < -0.3 is 13.9 Å². The van der Waals surface area contributed by atoms with Crippen molar-refractivity contribution >= 4 is 16.1 Å². The zero-order valence-corrected chi connectivity index (χ0v) is 14.8. The molecule has 0 saturated carbocycles. The van der Waals surface area contributed by atoms with Crippen molar-refractivity contribution in [1.29, 1.82) is 5.26 Å². The first-order valence-corrected chi connectivity index (χ1v) is 8.81. The minimum absolute atomic E-state index is 0.0922. The first kappa shape index (κ1) is 20.3. The standard InChI is InChI=1S/C16H13F3N2O5S/c1-3-12-11(8-20)13(14(15(22)23)21(12)2)9-4-6-10(7-5-9)26-27(24,25)16(17,18)19/h4-7H,3H2,1-2H3,(H,22,23). The maximum Gasteiger partial charge on any atom is 0.534 e. The monoisotopic (exact) mass is 402 g/mol. The number of hydrogen-bond acceptors (Lipinski definition) is 5. The Bertz CT molecular complexity index is 1030. The van der Waals surface area contributed by atoms with Crippen LogP contribution < -0.4 is 4.18 Å². The lowest BCUT2D eigenvalue weighted by atomic mass is 10.00. The second-order valence-corrected chi connectivity index (χ2v) is 6.92. The predicted octanol–water partition coefficient (Wildman–Crippen LogP) is 3.05. The van der Waals surface area contributed by atoms with Crippen molar-refractivity contribution in [3.8, 4) is 22.9 Å². The highest BCUT2D eigenvalue weighted by atomic mass is 32.2. The highest BCUT2D eigenvalue weighted by Crippen LogP contribution is 2.34. The Labute approximate surface area is 152 Å². The van der Waals surface area contributed by atoms with Crippen molar-refractivity contribution in [3.05, 3.63) is 41.2 Å². The third-order valence-electron chi connectivity index (χ3n) is 3.80. The number of nitrogens with zero attached hydrogens (tertiary/aromatic N) is 2. The summed E-state index contributed by atoms with van der Waals surface area (Å²) in [7, 11) is -4.33. The van der Waals surface area contributed by atoms with Gasteiger partial charge in [0, 0.05) is 18.3 Å². The van der Waals surface area contributed by atoms with Crippen LogP contribution in [0.25, 0.3) is 11.1 Å². The Hall–Kier alpha value is -3.00. The molecule has 0 aliphatic rings. The molecule has 1 N–H and O–H groups in total. The molecule has 0 spiro atoms. The summed E-state index contributed by atoms with van der Waals surface area (Å²) < 4.78 is 64.5. The van der Waals surface area contributed by atoms with Gasteiger partial charge in [0.25, 0.3) is 0 Å². The molecule has 2 rings (SSSR count). The van der Waals surface area contributed by atoms with Gasteiger partial charge in [0.05, 0.1) is 5.56 Å². The van der Waals surface area contributed by atoms with Gasteiger partial charge in [-0.25, -0.2) is 4.79 Å². The molecule has 1 aromatic carbocycles. The van der Waals surface area contributed by atoms with E-state index in [1.165, 1.54) is 23.7 Å². The van der Waals surface area contributed by atoms with Crippen LogP contribution >= 0.6 is 0 Å². The van der Waals surface area contributed by atoms with E-state index >= 15 is 0 Å². The Balaban J connectivity index is 2.56. The average Bonchev–Trinajstić information content (AvgIpc) is 2.85. The average molecular weight is 402 g/mol. The Morgan fingerprint density at radius 3 is 2.26 bits per heavy atom.